The maximum Gasteiger partial charge on any atom is 0.524 e. The summed E-state index contributed by atoms with van der Waals surface area (Å²) in [5.41, 5.74) is 7.89. The van der Waals surface area contributed by atoms with Crippen molar-refractivity contribution in [3.05, 3.63) is 102 Å². The summed E-state index contributed by atoms with van der Waals surface area (Å²) in [6.07, 6.45) is 3.20. The number of amides is 5. The Morgan fingerprint density at radius 3 is 2.14 bits per heavy atom. The van der Waals surface area contributed by atoms with Crippen molar-refractivity contribution in [2.24, 2.45) is 5.73 Å². The minimum absolute atomic E-state index is 0.0574. The van der Waals surface area contributed by atoms with E-state index in [1.807, 2.05) is 36.4 Å². The standard InChI is InChI=1S/C40H51N6O10P/c41-23-9-16-32(36(47)42-25-28-10-3-1-4-11-28)43-38(49)35-22-19-30-14-7-8-15-33(39(50)46(30)35)44-37(48)34(45-40(51)55-26-29-12-5-2-6-13-29)24-27-17-20-31(21-18-27)56-57(52,53)54/h1-6,10-13,17-18,20-21,30,32-35H,7-9,14-16,19,22-26,41H2,(H,42,47)(H,43,49)(H,44,48)(H,45,51)(H2,52,53,54)/t30?,32?,33-,34-,35-/m0/s1. The van der Waals surface area contributed by atoms with Gasteiger partial charge in [0.05, 0.1) is 0 Å². The molecule has 2 aliphatic heterocycles. The van der Waals surface area contributed by atoms with Crippen LogP contribution in [0.1, 0.15) is 68.1 Å². The van der Waals surface area contributed by atoms with E-state index in [9.17, 15) is 28.5 Å². The van der Waals surface area contributed by atoms with Crippen LogP contribution in [0.25, 0.3) is 0 Å². The van der Waals surface area contributed by atoms with E-state index < -0.39 is 55.8 Å². The van der Waals surface area contributed by atoms with Crippen LogP contribution in [0.15, 0.2) is 84.9 Å². The Hall–Kier alpha value is -5.28. The highest BCUT2D eigenvalue weighted by Gasteiger charge is 2.45. The van der Waals surface area contributed by atoms with Crippen LogP contribution in [0.4, 0.5) is 4.79 Å². The maximum atomic E-state index is 14.3. The number of nitrogens with one attached hydrogen (secondary N) is 4. The number of phosphoric acid groups is 1. The van der Waals surface area contributed by atoms with Crippen LogP contribution in [0.5, 0.6) is 5.75 Å². The lowest BCUT2D eigenvalue weighted by atomic mass is 9.98. The zero-order chi connectivity index (χ0) is 40.8. The summed E-state index contributed by atoms with van der Waals surface area (Å²) in [5.74, 6) is -2.01. The van der Waals surface area contributed by atoms with Crippen LogP contribution in [-0.4, -0.2) is 81.2 Å². The zero-order valence-electron chi connectivity index (χ0n) is 31.6. The second-order valence-electron chi connectivity index (χ2n) is 14.2. The Kier molecular flexibility index (Phi) is 15.6. The van der Waals surface area contributed by atoms with Gasteiger partial charge in [0.15, 0.2) is 0 Å². The lowest BCUT2D eigenvalue weighted by Gasteiger charge is -2.36. The highest BCUT2D eigenvalue weighted by Crippen LogP contribution is 2.37. The van der Waals surface area contributed by atoms with Gasteiger partial charge >= 0.3 is 13.9 Å². The number of carbonyl (C=O) groups excluding carboxylic acids is 5. The molecule has 306 valence electrons. The number of nitrogens with two attached hydrogens (primary N) is 1. The van der Waals surface area contributed by atoms with E-state index in [2.05, 4.69) is 25.8 Å². The molecule has 2 heterocycles. The third kappa shape index (κ3) is 13.1. The molecule has 0 bridgehead atoms. The largest absolute Gasteiger partial charge is 0.524 e. The van der Waals surface area contributed by atoms with E-state index in [-0.39, 0.29) is 37.3 Å². The second-order valence-corrected chi connectivity index (χ2v) is 15.4. The molecule has 2 aliphatic rings. The average molecular weight is 807 g/mol. The van der Waals surface area contributed by atoms with Gasteiger partial charge in [0, 0.05) is 19.0 Å². The number of hydrogen-bond acceptors (Lipinski definition) is 9. The van der Waals surface area contributed by atoms with Crippen molar-refractivity contribution in [3.63, 3.8) is 0 Å². The average Bonchev–Trinajstić information content (AvgIpc) is 3.62. The zero-order valence-corrected chi connectivity index (χ0v) is 32.5. The van der Waals surface area contributed by atoms with Gasteiger partial charge in [-0.15, -0.1) is 0 Å². The summed E-state index contributed by atoms with van der Waals surface area (Å²) in [5, 5.41) is 11.2. The highest BCUT2D eigenvalue weighted by molar-refractivity contribution is 7.46. The van der Waals surface area contributed by atoms with Gasteiger partial charge in [-0.25, -0.2) is 9.36 Å². The monoisotopic (exact) mass is 806 g/mol. The molecule has 0 spiro atoms. The van der Waals surface area contributed by atoms with Crippen LogP contribution in [-0.2, 0) is 48.1 Å². The molecule has 0 radical (unpaired) electrons. The Balaban J connectivity index is 1.29. The smallest absolute Gasteiger partial charge is 0.445 e. The summed E-state index contributed by atoms with van der Waals surface area (Å²) in [4.78, 5) is 88.4. The van der Waals surface area contributed by atoms with Gasteiger partial charge in [0.2, 0.25) is 23.6 Å². The molecule has 2 saturated heterocycles. The molecule has 3 aromatic carbocycles. The highest BCUT2D eigenvalue weighted by atomic mass is 31.2. The number of carbonyl (C=O) groups is 5. The predicted octanol–water partition coefficient (Wildman–Crippen LogP) is 2.95. The first-order valence-corrected chi connectivity index (χ1v) is 20.7. The first-order valence-electron chi connectivity index (χ1n) is 19.2. The predicted molar refractivity (Wildman–Crippen MR) is 209 cm³/mol. The molecule has 5 amide bonds. The molecule has 8 N–H and O–H groups in total. The number of alkyl carbamates (subject to hydrolysis) is 1. The van der Waals surface area contributed by atoms with Gasteiger partial charge in [-0.3, -0.25) is 29.0 Å². The number of ether oxygens (including phenoxy) is 1. The molecule has 57 heavy (non-hydrogen) atoms. The van der Waals surface area contributed by atoms with E-state index in [1.165, 1.54) is 24.3 Å². The fourth-order valence-electron chi connectivity index (χ4n) is 7.14. The molecule has 0 saturated carbocycles. The number of fused-ring (bicyclic) bond motifs is 1. The van der Waals surface area contributed by atoms with Gasteiger partial charge in [-0.05, 0) is 73.9 Å². The van der Waals surface area contributed by atoms with Crippen LogP contribution < -0.4 is 31.5 Å². The molecular weight excluding hydrogens is 755 g/mol. The summed E-state index contributed by atoms with van der Waals surface area (Å²) in [7, 11) is -4.80. The summed E-state index contributed by atoms with van der Waals surface area (Å²) in [6, 6.07) is 19.8. The molecular formula is C40H51N6O10P. The lowest BCUT2D eigenvalue weighted by Crippen LogP contribution is -2.60. The van der Waals surface area contributed by atoms with Crippen molar-refractivity contribution in [1.29, 1.82) is 0 Å². The quantitative estimate of drug-likeness (QED) is 0.0979. The molecule has 3 aromatic rings. The minimum Gasteiger partial charge on any atom is -0.445 e. The molecule has 0 aromatic heterocycles. The second kappa shape index (κ2) is 20.8. The van der Waals surface area contributed by atoms with E-state index in [0.717, 1.165) is 17.5 Å². The van der Waals surface area contributed by atoms with Crippen molar-refractivity contribution >= 4 is 37.5 Å². The summed E-state index contributed by atoms with van der Waals surface area (Å²) >= 11 is 0. The summed E-state index contributed by atoms with van der Waals surface area (Å²) in [6.45, 7) is 0.550. The van der Waals surface area contributed by atoms with Crippen LogP contribution in [0, 0.1) is 0 Å². The van der Waals surface area contributed by atoms with Crippen LogP contribution in [0.2, 0.25) is 0 Å². The third-order valence-corrected chi connectivity index (χ3v) is 10.5. The van der Waals surface area contributed by atoms with E-state index in [1.54, 1.807) is 29.2 Å². The fourth-order valence-corrected chi connectivity index (χ4v) is 7.53. The fraction of sp³-hybridized carbons (Fsp3) is 0.425. The molecule has 17 heteroatoms. The number of phosphoric ester groups is 1. The SMILES string of the molecule is NCCCC(NC(=O)[C@@H]1CCC2CCCC[C@H](NC(=O)[C@H](Cc3ccc(OP(=O)(O)O)cc3)NC(=O)OCc3ccccc3)C(=O)N21)C(=O)NCc1ccccc1. The van der Waals surface area contributed by atoms with Crippen LogP contribution >= 0.6 is 7.82 Å². The Labute approximate surface area is 331 Å². The summed E-state index contributed by atoms with van der Waals surface area (Å²) < 4.78 is 21.3. The van der Waals surface area contributed by atoms with E-state index >= 15 is 0 Å². The van der Waals surface area contributed by atoms with E-state index in [4.69, 9.17) is 20.3 Å². The van der Waals surface area contributed by atoms with Crippen molar-refractivity contribution in [2.75, 3.05) is 6.54 Å². The lowest BCUT2D eigenvalue weighted by molar-refractivity contribution is -0.145. The van der Waals surface area contributed by atoms with Crippen LogP contribution in [0.3, 0.4) is 0 Å². The first kappa shape index (κ1) is 42.9. The molecule has 2 unspecified atom stereocenters. The van der Waals surface area contributed by atoms with Crippen molar-refractivity contribution < 1.29 is 47.6 Å². The van der Waals surface area contributed by atoms with Gasteiger partial charge < -0.3 is 41.2 Å². The molecule has 2 fully saturated rings. The molecule has 0 aliphatic carbocycles. The number of benzene rings is 3. The number of rotatable bonds is 17. The maximum absolute atomic E-state index is 14.3. The van der Waals surface area contributed by atoms with Crippen molar-refractivity contribution in [2.45, 2.75) is 101 Å². The minimum atomic E-state index is -4.80. The Morgan fingerprint density at radius 2 is 1.47 bits per heavy atom. The van der Waals surface area contributed by atoms with Gasteiger partial charge in [0.1, 0.15) is 36.5 Å². The normalized spacial score (nSPS) is 19.2. The first-order chi connectivity index (χ1) is 27.4. The van der Waals surface area contributed by atoms with Crippen molar-refractivity contribution in [1.82, 2.24) is 26.2 Å². The van der Waals surface area contributed by atoms with Gasteiger partial charge in [-0.2, -0.15) is 0 Å². The van der Waals surface area contributed by atoms with Gasteiger partial charge in [-0.1, -0.05) is 85.6 Å². The van der Waals surface area contributed by atoms with Crippen molar-refractivity contribution in [3.8, 4) is 5.75 Å². The topological polar surface area (TPSA) is 239 Å². The Bertz CT molecular complexity index is 1860. The Morgan fingerprint density at radius 1 is 0.807 bits per heavy atom. The molecule has 5 atom stereocenters. The third-order valence-electron chi connectivity index (χ3n) is 10.0. The molecule has 16 nitrogen and oxygen atoms in total. The van der Waals surface area contributed by atoms with Gasteiger partial charge in [0.25, 0.3) is 0 Å². The number of nitrogens with zero attached hydrogens (tertiary/aromatic N) is 1. The van der Waals surface area contributed by atoms with E-state index in [0.29, 0.717) is 57.1 Å². The molecule has 5 rings (SSSR count). The number of hydrogen-bond donors (Lipinski definition) is 7.